The molecule has 1 N–H and O–H groups in total. The Balaban J connectivity index is 2.17. The minimum atomic E-state index is -3.52. The van der Waals surface area contributed by atoms with Crippen LogP contribution in [0.25, 0.3) is 0 Å². The molecule has 1 heterocycles. The largest absolute Gasteiger partial charge is 0.377 e. The molecule has 0 radical (unpaired) electrons. The van der Waals surface area contributed by atoms with E-state index in [1.54, 1.807) is 18.2 Å². The lowest BCUT2D eigenvalue weighted by Gasteiger charge is -2.20. The summed E-state index contributed by atoms with van der Waals surface area (Å²) in [6, 6.07) is 4.98. The second kappa shape index (κ2) is 5.91. The molecule has 6 heteroatoms. The minimum absolute atomic E-state index is 0.0287. The van der Waals surface area contributed by atoms with Gasteiger partial charge in [0, 0.05) is 17.1 Å². The second-order valence-corrected chi connectivity index (χ2v) is 7.43. The maximum Gasteiger partial charge on any atom is 0.242 e. The molecule has 0 aliphatic carbocycles. The summed E-state index contributed by atoms with van der Waals surface area (Å²) in [6.07, 6.45) is 1.86. The zero-order valence-electron chi connectivity index (χ0n) is 11.0. The molecular weight excluding hydrogens is 330 g/mol. The van der Waals surface area contributed by atoms with Crippen LogP contribution >= 0.6 is 15.9 Å². The molecule has 2 unspecified atom stereocenters. The molecule has 2 rings (SSSR count). The Bertz CT molecular complexity index is 553. The molecule has 2 atom stereocenters. The van der Waals surface area contributed by atoms with E-state index in [2.05, 4.69) is 20.7 Å². The van der Waals surface area contributed by atoms with Crippen LogP contribution in [0.15, 0.2) is 27.6 Å². The van der Waals surface area contributed by atoms with Gasteiger partial charge in [0.15, 0.2) is 0 Å². The van der Waals surface area contributed by atoms with Crippen molar-refractivity contribution in [3.63, 3.8) is 0 Å². The lowest BCUT2D eigenvalue weighted by Crippen LogP contribution is -2.40. The van der Waals surface area contributed by atoms with Gasteiger partial charge in [0.05, 0.1) is 11.0 Å². The highest BCUT2D eigenvalue weighted by Gasteiger charge is 2.27. The average molecular weight is 348 g/mol. The number of rotatable bonds is 4. The number of halogens is 1. The van der Waals surface area contributed by atoms with Gasteiger partial charge in [-0.3, -0.25) is 0 Å². The van der Waals surface area contributed by atoms with Crippen LogP contribution in [0, 0.1) is 6.92 Å². The Morgan fingerprint density at radius 3 is 2.79 bits per heavy atom. The third kappa shape index (κ3) is 3.56. The van der Waals surface area contributed by atoms with Gasteiger partial charge in [-0.2, -0.15) is 0 Å². The van der Waals surface area contributed by atoms with E-state index < -0.39 is 10.0 Å². The molecule has 1 aromatic carbocycles. The molecule has 1 aliphatic rings. The zero-order chi connectivity index (χ0) is 14.0. The predicted molar refractivity (Wildman–Crippen MR) is 77.6 cm³/mol. The van der Waals surface area contributed by atoms with Crippen molar-refractivity contribution in [1.82, 2.24) is 4.72 Å². The molecule has 1 aliphatic heterocycles. The molecule has 1 saturated heterocycles. The zero-order valence-corrected chi connectivity index (χ0v) is 13.4. The molecule has 1 aromatic rings. The van der Waals surface area contributed by atoms with Gasteiger partial charge < -0.3 is 4.74 Å². The van der Waals surface area contributed by atoms with Crippen molar-refractivity contribution in [3.8, 4) is 0 Å². The monoisotopic (exact) mass is 347 g/mol. The Labute approximate surface area is 122 Å². The van der Waals surface area contributed by atoms with Gasteiger partial charge in [0.25, 0.3) is 0 Å². The van der Waals surface area contributed by atoms with E-state index in [4.69, 9.17) is 4.74 Å². The fourth-order valence-corrected chi connectivity index (χ4v) is 4.67. The number of sulfonamides is 1. The van der Waals surface area contributed by atoms with Gasteiger partial charge in [0.2, 0.25) is 10.0 Å². The smallest absolute Gasteiger partial charge is 0.242 e. The first-order chi connectivity index (χ1) is 8.90. The molecule has 0 saturated carbocycles. The van der Waals surface area contributed by atoms with Gasteiger partial charge in [0.1, 0.15) is 0 Å². The molecule has 0 spiro atoms. The highest BCUT2D eigenvalue weighted by molar-refractivity contribution is 9.10. The third-order valence-corrected chi connectivity index (χ3v) is 5.78. The van der Waals surface area contributed by atoms with Crippen LogP contribution in [0.4, 0.5) is 0 Å². The Morgan fingerprint density at radius 1 is 1.47 bits per heavy atom. The van der Waals surface area contributed by atoms with Crippen LogP contribution in [0.5, 0.6) is 0 Å². The maximum absolute atomic E-state index is 12.3. The number of benzene rings is 1. The summed E-state index contributed by atoms with van der Waals surface area (Å²) in [5, 5.41) is 0. The summed E-state index contributed by atoms with van der Waals surface area (Å²) in [7, 11) is -3.52. The lowest BCUT2D eigenvalue weighted by molar-refractivity contribution is 0.0902. The molecular formula is C13H18BrNO3S. The topological polar surface area (TPSA) is 55.4 Å². The van der Waals surface area contributed by atoms with Crippen LogP contribution in [-0.4, -0.2) is 27.2 Å². The molecule has 0 aromatic heterocycles. The second-order valence-electron chi connectivity index (χ2n) is 4.90. The summed E-state index contributed by atoms with van der Waals surface area (Å²) in [5.74, 6) is 0. The quantitative estimate of drug-likeness (QED) is 0.910. The van der Waals surface area contributed by atoms with Crippen LogP contribution in [-0.2, 0) is 14.8 Å². The SMILES string of the molecule is Cc1ccc(S(=O)(=O)NC(C)C2CCCO2)c(Br)c1. The number of hydrogen-bond acceptors (Lipinski definition) is 3. The molecule has 0 amide bonds. The van der Waals surface area contributed by atoms with Crippen molar-refractivity contribution in [1.29, 1.82) is 0 Å². The highest BCUT2D eigenvalue weighted by Crippen LogP contribution is 2.24. The summed E-state index contributed by atoms with van der Waals surface area (Å²) in [5.41, 5.74) is 1.01. The van der Waals surface area contributed by atoms with Gasteiger partial charge in [-0.15, -0.1) is 0 Å². The van der Waals surface area contributed by atoms with E-state index in [1.165, 1.54) is 0 Å². The molecule has 4 nitrogen and oxygen atoms in total. The highest BCUT2D eigenvalue weighted by atomic mass is 79.9. The molecule has 1 fully saturated rings. The third-order valence-electron chi connectivity index (χ3n) is 3.24. The minimum Gasteiger partial charge on any atom is -0.377 e. The van der Waals surface area contributed by atoms with Crippen molar-refractivity contribution in [2.24, 2.45) is 0 Å². The molecule has 19 heavy (non-hydrogen) atoms. The predicted octanol–water partition coefficient (Wildman–Crippen LogP) is 2.60. The van der Waals surface area contributed by atoms with Crippen LogP contribution < -0.4 is 4.72 Å². The van der Waals surface area contributed by atoms with E-state index in [0.717, 1.165) is 18.4 Å². The number of nitrogens with one attached hydrogen (secondary N) is 1. The van der Waals surface area contributed by atoms with Crippen LogP contribution in [0.3, 0.4) is 0 Å². The Hall–Kier alpha value is -0.430. The van der Waals surface area contributed by atoms with Gasteiger partial charge in [-0.25, -0.2) is 13.1 Å². The van der Waals surface area contributed by atoms with Crippen molar-refractivity contribution in [3.05, 3.63) is 28.2 Å². The van der Waals surface area contributed by atoms with E-state index >= 15 is 0 Å². The first-order valence-corrected chi connectivity index (χ1v) is 8.58. The number of hydrogen-bond donors (Lipinski definition) is 1. The first-order valence-electron chi connectivity index (χ1n) is 6.30. The van der Waals surface area contributed by atoms with Crippen molar-refractivity contribution >= 4 is 26.0 Å². The summed E-state index contributed by atoms with van der Waals surface area (Å²) in [4.78, 5) is 0.267. The lowest BCUT2D eigenvalue weighted by atomic mass is 10.1. The number of ether oxygens (including phenoxy) is 1. The van der Waals surface area contributed by atoms with Gasteiger partial charge in [-0.1, -0.05) is 6.07 Å². The van der Waals surface area contributed by atoms with Crippen LogP contribution in [0.1, 0.15) is 25.3 Å². The van der Waals surface area contributed by atoms with Crippen molar-refractivity contribution < 1.29 is 13.2 Å². The Kier molecular flexibility index (Phi) is 4.66. The maximum atomic E-state index is 12.3. The Morgan fingerprint density at radius 2 is 2.21 bits per heavy atom. The summed E-state index contributed by atoms with van der Waals surface area (Å²) >= 11 is 3.31. The van der Waals surface area contributed by atoms with E-state index in [1.807, 2.05) is 13.8 Å². The molecule has 0 bridgehead atoms. The first kappa shape index (κ1) is 15.0. The van der Waals surface area contributed by atoms with Crippen molar-refractivity contribution in [2.75, 3.05) is 6.61 Å². The van der Waals surface area contributed by atoms with Crippen LogP contribution in [0.2, 0.25) is 0 Å². The summed E-state index contributed by atoms with van der Waals surface area (Å²) < 4.78 is 33.5. The normalized spacial score (nSPS) is 21.5. The average Bonchev–Trinajstić information content (AvgIpc) is 2.80. The van der Waals surface area contributed by atoms with Crippen molar-refractivity contribution in [2.45, 2.75) is 43.7 Å². The fraction of sp³-hybridized carbons (Fsp3) is 0.538. The van der Waals surface area contributed by atoms with E-state index in [9.17, 15) is 8.42 Å². The van der Waals surface area contributed by atoms with E-state index in [-0.39, 0.29) is 17.0 Å². The number of aryl methyl sites for hydroxylation is 1. The fourth-order valence-electron chi connectivity index (χ4n) is 2.20. The van der Waals surface area contributed by atoms with E-state index in [0.29, 0.717) is 11.1 Å². The van der Waals surface area contributed by atoms with Gasteiger partial charge in [-0.05, 0) is 60.3 Å². The standard InChI is InChI=1S/C13H18BrNO3S/c1-9-5-6-13(11(14)8-9)19(16,17)15-10(2)12-4-3-7-18-12/h5-6,8,10,12,15H,3-4,7H2,1-2H3. The summed E-state index contributed by atoms with van der Waals surface area (Å²) in [6.45, 7) is 4.48. The van der Waals surface area contributed by atoms with Gasteiger partial charge >= 0.3 is 0 Å². The molecule has 106 valence electrons.